The van der Waals surface area contributed by atoms with Crippen molar-refractivity contribution >= 4 is 49.5 Å². The summed E-state index contributed by atoms with van der Waals surface area (Å²) in [6, 6.07) is 15.9. The van der Waals surface area contributed by atoms with Crippen LogP contribution in [0.15, 0.2) is 48.5 Å². The molecule has 1 fully saturated rings. The number of amides is 1. The Morgan fingerprint density at radius 3 is 2.43 bits per heavy atom. The van der Waals surface area contributed by atoms with E-state index in [0.29, 0.717) is 12.1 Å². The van der Waals surface area contributed by atoms with Gasteiger partial charge in [-0.3, -0.25) is 4.79 Å². The van der Waals surface area contributed by atoms with Crippen LogP contribution < -0.4 is 5.32 Å². The van der Waals surface area contributed by atoms with Crippen molar-refractivity contribution in [2.75, 3.05) is 7.11 Å². The minimum Gasteiger partial charge on any atom is -0.387 e. The molecule has 1 amide bonds. The number of aliphatic hydroxyl groups is 2. The van der Waals surface area contributed by atoms with E-state index in [4.69, 9.17) is 9.47 Å². The van der Waals surface area contributed by atoms with Crippen LogP contribution >= 0.6 is 0 Å². The molecule has 8 heteroatoms. The van der Waals surface area contributed by atoms with Gasteiger partial charge in [-0.1, -0.05) is 36.4 Å². The first kappa shape index (κ1) is 19.8. The van der Waals surface area contributed by atoms with Gasteiger partial charge < -0.3 is 34.1 Å². The highest BCUT2D eigenvalue weighted by Gasteiger charge is 2.56. The van der Waals surface area contributed by atoms with Crippen LogP contribution in [0.1, 0.15) is 29.1 Å². The SMILES string of the molecule is CO[C@H]1[C@@H](O)[C@@H](O)[C@H]2O[C@]1(C)n1c3ccccc3c3c4c(c5c6ccccc6n2c5c31)C(=O)NC4. The quantitative estimate of drug-likeness (QED) is 0.351. The number of rotatable bonds is 1. The highest BCUT2D eigenvalue weighted by Crippen LogP contribution is 2.53. The first-order chi connectivity index (χ1) is 17.0. The molecule has 8 nitrogen and oxygen atoms in total. The first-order valence-electron chi connectivity index (χ1n) is 11.8. The third-order valence-electron chi connectivity index (χ3n) is 8.31. The van der Waals surface area contributed by atoms with Gasteiger partial charge in [0.05, 0.1) is 27.6 Å². The molecular formula is C27H23N3O5. The van der Waals surface area contributed by atoms with E-state index in [2.05, 4.69) is 16.0 Å². The Morgan fingerprint density at radius 2 is 1.69 bits per heavy atom. The molecule has 5 heterocycles. The molecule has 3 aromatic carbocycles. The van der Waals surface area contributed by atoms with E-state index < -0.39 is 30.3 Å². The fraction of sp³-hybridized carbons (Fsp3) is 0.296. The average molecular weight is 469 g/mol. The van der Waals surface area contributed by atoms with Crippen molar-refractivity contribution in [1.29, 1.82) is 0 Å². The first-order valence-corrected chi connectivity index (χ1v) is 11.8. The Morgan fingerprint density at radius 1 is 1.00 bits per heavy atom. The lowest BCUT2D eigenvalue weighted by Crippen LogP contribution is -2.62. The van der Waals surface area contributed by atoms with E-state index in [9.17, 15) is 15.0 Å². The number of hydrogen-bond donors (Lipinski definition) is 3. The lowest BCUT2D eigenvalue weighted by atomic mass is 9.93. The summed E-state index contributed by atoms with van der Waals surface area (Å²) in [6.07, 6.45) is -4.14. The van der Waals surface area contributed by atoms with Gasteiger partial charge in [-0.2, -0.15) is 0 Å². The molecule has 8 rings (SSSR count). The highest BCUT2D eigenvalue weighted by atomic mass is 16.6. The lowest BCUT2D eigenvalue weighted by Gasteiger charge is -2.48. The normalized spacial score (nSPS) is 29.4. The molecular weight excluding hydrogens is 446 g/mol. The molecule has 0 radical (unpaired) electrons. The smallest absolute Gasteiger partial charge is 0.252 e. The van der Waals surface area contributed by atoms with Crippen molar-refractivity contribution in [2.24, 2.45) is 0 Å². The number of ether oxygens (including phenoxy) is 2. The summed E-state index contributed by atoms with van der Waals surface area (Å²) in [6.45, 7) is 2.35. The second-order valence-electron chi connectivity index (χ2n) is 9.92. The number of benzene rings is 3. The Hall–Kier alpha value is -3.43. The molecule has 2 aromatic heterocycles. The third-order valence-corrected chi connectivity index (χ3v) is 8.31. The van der Waals surface area contributed by atoms with Gasteiger partial charge in [0, 0.05) is 35.2 Å². The molecule has 3 N–H and O–H groups in total. The van der Waals surface area contributed by atoms with Gasteiger partial charge in [0.1, 0.15) is 18.3 Å². The van der Waals surface area contributed by atoms with Gasteiger partial charge in [-0.05, 0) is 24.6 Å². The number of methoxy groups -OCH3 is 1. The third kappa shape index (κ3) is 2.04. The summed E-state index contributed by atoms with van der Waals surface area (Å²) in [5, 5.41) is 29.4. The number of aliphatic hydroxyl groups excluding tert-OH is 2. The Bertz CT molecular complexity index is 1770. The Balaban J connectivity index is 1.75. The van der Waals surface area contributed by atoms with E-state index in [1.807, 2.05) is 54.0 Å². The lowest BCUT2D eigenvalue weighted by molar-refractivity contribution is -0.314. The van der Waals surface area contributed by atoms with Crippen molar-refractivity contribution in [2.45, 2.75) is 43.7 Å². The summed E-state index contributed by atoms with van der Waals surface area (Å²) in [5.41, 5.74) is 4.01. The summed E-state index contributed by atoms with van der Waals surface area (Å²) in [4.78, 5) is 13.3. The number of aromatic nitrogens is 2. The Kier molecular flexibility index (Phi) is 3.52. The van der Waals surface area contributed by atoms with E-state index in [-0.39, 0.29) is 5.91 Å². The summed E-state index contributed by atoms with van der Waals surface area (Å²) in [7, 11) is 1.53. The highest BCUT2D eigenvalue weighted by molar-refractivity contribution is 6.31. The van der Waals surface area contributed by atoms with Crippen LogP contribution in [0.4, 0.5) is 0 Å². The Labute approximate surface area is 199 Å². The molecule has 0 spiro atoms. The van der Waals surface area contributed by atoms with Crippen LogP contribution in [0.5, 0.6) is 0 Å². The minimum absolute atomic E-state index is 0.101. The minimum atomic E-state index is -1.24. The van der Waals surface area contributed by atoms with Crippen LogP contribution in [0.25, 0.3) is 43.6 Å². The van der Waals surface area contributed by atoms with E-state index in [1.54, 1.807) is 0 Å². The van der Waals surface area contributed by atoms with E-state index in [1.165, 1.54) is 7.11 Å². The van der Waals surface area contributed by atoms with Crippen molar-refractivity contribution in [1.82, 2.24) is 14.5 Å². The molecule has 0 saturated carbocycles. The largest absolute Gasteiger partial charge is 0.387 e. The standard InChI is InChI=1S/C27H23N3O5/c1-27-24(34-2)22(31)23(32)26(35-27)29-15-9-5-3-7-12(15)18-19-14(11-28-25(19)33)17-13-8-4-6-10-16(13)30(27)21(17)20(18)29/h3-10,22-24,26,31-32H,11H2,1-2H3,(H,28,33)/t22-,23+,24-,26+,27-/m0/s1. The topological polar surface area (TPSA) is 97.9 Å². The number of nitrogens with zero attached hydrogens (tertiary/aromatic N) is 2. The van der Waals surface area contributed by atoms with Crippen LogP contribution in [0.2, 0.25) is 0 Å². The van der Waals surface area contributed by atoms with Crippen LogP contribution in [-0.4, -0.2) is 50.7 Å². The van der Waals surface area contributed by atoms with Gasteiger partial charge in [0.25, 0.3) is 5.91 Å². The maximum Gasteiger partial charge on any atom is 0.252 e. The molecule has 0 unspecified atom stereocenters. The van der Waals surface area contributed by atoms with E-state index in [0.717, 1.165) is 49.2 Å². The molecule has 3 aliphatic rings. The number of fused-ring (bicyclic) bond motifs is 13. The summed E-state index contributed by atoms with van der Waals surface area (Å²) < 4.78 is 16.7. The summed E-state index contributed by atoms with van der Waals surface area (Å²) in [5.74, 6) is -0.101. The molecule has 176 valence electrons. The molecule has 5 aromatic rings. The number of nitrogens with one attached hydrogen (secondary N) is 1. The predicted molar refractivity (Wildman–Crippen MR) is 130 cm³/mol. The van der Waals surface area contributed by atoms with Crippen LogP contribution in [0.3, 0.4) is 0 Å². The average Bonchev–Trinajstić information content (AvgIpc) is 3.49. The monoisotopic (exact) mass is 469 g/mol. The second kappa shape index (κ2) is 6.22. The fourth-order valence-corrected chi connectivity index (χ4v) is 6.99. The van der Waals surface area contributed by atoms with Gasteiger partial charge in [0.2, 0.25) is 0 Å². The van der Waals surface area contributed by atoms with Gasteiger partial charge in [-0.25, -0.2) is 0 Å². The second-order valence-corrected chi connectivity index (χ2v) is 9.92. The molecule has 3 aliphatic heterocycles. The number of carbonyl (C=O) groups excluding carboxylic acids is 1. The molecule has 1 saturated heterocycles. The van der Waals surface area contributed by atoms with Gasteiger partial charge in [-0.15, -0.1) is 0 Å². The van der Waals surface area contributed by atoms with Gasteiger partial charge in [0.15, 0.2) is 12.0 Å². The molecule has 2 bridgehead atoms. The number of hydrogen-bond acceptors (Lipinski definition) is 5. The predicted octanol–water partition coefficient (Wildman–Crippen LogP) is 3.10. The maximum absolute atomic E-state index is 13.3. The van der Waals surface area contributed by atoms with Crippen molar-refractivity contribution in [3.63, 3.8) is 0 Å². The fourth-order valence-electron chi connectivity index (χ4n) is 6.99. The van der Waals surface area contributed by atoms with Crippen molar-refractivity contribution < 1.29 is 24.5 Å². The van der Waals surface area contributed by atoms with Gasteiger partial charge >= 0.3 is 0 Å². The number of carbonyl (C=O) groups is 1. The van der Waals surface area contributed by atoms with Crippen LogP contribution in [0, 0.1) is 0 Å². The van der Waals surface area contributed by atoms with Crippen molar-refractivity contribution in [3.05, 3.63) is 59.7 Å². The maximum atomic E-state index is 13.3. The van der Waals surface area contributed by atoms with E-state index >= 15 is 0 Å². The molecule has 0 aliphatic carbocycles. The molecule has 35 heavy (non-hydrogen) atoms. The van der Waals surface area contributed by atoms with Crippen molar-refractivity contribution in [3.8, 4) is 0 Å². The molecule has 5 atom stereocenters. The zero-order valence-electron chi connectivity index (χ0n) is 19.1. The zero-order chi connectivity index (χ0) is 23.8. The van der Waals surface area contributed by atoms with Crippen LogP contribution in [-0.2, 0) is 21.7 Å². The summed E-state index contributed by atoms with van der Waals surface area (Å²) >= 11 is 0. The number of para-hydroxylation sites is 2. The zero-order valence-corrected chi connectivity index (χ0v) is 19.1.